The highest BCUT2D eigenvalue weighted by atomic mass is 35.5. The van der Waals surface area contributed by atoms with Gasteiger partial charge >= 0.3 is 0 Å². The van der Waals surface area contributed by atoms with Crippen molar-refractivity contribution in [2.75, 3.05) is 13.1 Å². The Labute approximate surface area is 109 Å². The highest BCUT2D eigenvalue weighted by Gasteiger charge is 2.32. The third kappa shape index (κ3) is 1.97. The van der Waals surface area contributed by atoms with Gasteiger partial charge in [0.15, 0.2) is 0 Å². The Hall–Kier alpha value is -1.88. The predicted octanol–water partition coefficient (Wildman–Crippen LogP) is 1.63. The van der Waals surface area contributed by atoms with Gasteiger partial charge in [0.2, 0.25) is 0 Å². The van der Waals surface area contributed by atoms with Crippen LogP contribution in [-0.4, -0.2) is 38.9 Å². The number of likely N-dealkylation sites (tertiary alicyclic amines) is 1. The number of rotatable bonds is 2. The molecular weight excluding hydrogens is 252 g/mol. The topological polar surface area (TPSA) is 51.0 Å². The van der Waals surface area contributed by atoms with Crippen LogP contribution >= 0.6 is 11.6 Å². The van der Waals surface area contributed by atoms with Crippen molar-refractivity contribution in [1.82, 2.24) is 19.9 Å². The van der Waals surface area contributed by atoms with E-state index in [1.807, 2.05) is 6.20 Å². The lowest BCUT2D eigenvalue weighted by Gasteiger charge is -2.38. The minimum absolute atomic E-state index is 0.00821. The summed E-state index contributed by atoms with van der Waals surface area (Å²) in [6, 6.07) is 7.23. The van der Waals surface area contributed by atoms with Gasteiger partial charge in [-0.15, -0.1) is 5.10 Å². The van der Waals surface area contributed by atoms with E-state index < -0.39 is 0 Å². The first-order chi connectivity index (χ1) is 8.74. The van der Waals surface area contributed by atoms with Gasteiger partial charge in [-0.1, -0.05) is 22.9 Å². The number of nitrogens with zero attached hydrogens (tertiary/aromatic N) is 4. The summed E-state index contributed by atoms with van der Waals surface area (Å²) < 4.78 is 1.78. The van der Waals surface area contributed by atoms with E-state index in [1.54, 1.807) is 40.0 Å². The maximum absolute atomic E-state index is 12.1. The van der Waals surface area contributed by atoms with E-state index in [4.69, 9.17) is 11.6 Å². The average Bonchev–Trinajstić information content (AvgIpc) is 2.80. The van der Waals surface area contributed by atoms with E-state index in [0.29, 0.717) is 23.7 Å². The molecule has 1 fully saturated rings. The summed E-state index contributed by atoms with van der Waals surface area (Å²) in [6.45, 7) is 1.32. The van der Waals surface area contributed by atoms with E-state index >= 15 is 0 Å². The summed E-state index contributed by atoms with van der Waals surface area (Å²) in [4.78, 5) is 13.9. The van der Waals surface area contributed by atoms with Crippen molar-refractivity contribution in [3.63, 3.8) is 0 Å². The van der Waals surface area contributed by atoms with Crippen LogP contribution in [0, 0.1) is 0 Å². The molecule has 1 aromatic heterocycles. The maximum Gasteiger partial charge on any atom is 0.254 e. The first-order valence-corrected chi connectivity index (χ1v) is 6.02. The summed E-state index contributed by atoms with van der Waals surface area (Å²) in [5, 5.41) is 8.26. The molecule has 0 atom stereocenters. The molecule has 2 aromatic rings. The summed E-state index contributed by atoms with van der Waals surface area (Å²) in [7, 11) is 0. The number of halogens is 1. The lowest BCUT2D eigenvalue weighted by molar-refractivity contribution is 0.0498. The lowest BCUT2D eigenvalue weighted by Crippen LogP contribution is -2.50. The van der Waals surface area contributed by atoms with Crippen molar-refractivity contribution < 1.29 is 4.79 Å². The molecule has 6 heteroatoms. The van der Waals surface area contributed by atoms with Crippen LogP contribution in [0.15, 0.2) is 36.7 Å². The Morgan fingerprint density at radius 1 is 1.39 bits per heavy atom. The van der Waals surface area contributed by atoms with Crippen LogP contribution in [0.3, 0.4) is 0 Å². The summed E-state index contributed by atoms with van der Waals surface area (Å²) in [5.74, 6) is 0.00821. The number of aromatic nitrogens is 3. The Bertz CT molecular complexity index is 563. The second kappa shape index (κ2) is 4.42. The molecule has 1 aliphatic rings. The van der Waals surface area contributed by atoms with Gasteiger partial charge in [-0.2, -0.15) is 0 Å². The van der Waals surface area contributed by atoms with Crippen LogP contribution in [-0.2, 0) is 0 Å². The van der Waals surface area contributed by atoms with Gasteiger partial charge in [0.1, 0.15) is 0 Å². The molecule has 1 aliphatic heterocycles. The van der Waals surface area contributed by atoms with Gasteiger partial charge in [-0.25, -0.2) is 4.68 Å². The SMILES string of the molecule is O=C(c1cccc(Cl)c1)N1CC(n2ccnn2)C1. The molecule has 3 rings (SSSR count). The van der Waals surface area contributed by atoms with Crippen molar-refractivity contribution in [1.29, 1.82) is 0 Å². The highest BCUT2D eigenvalue weighted by molar-refractivity contribution is 6.30. The van der Waals surface area contributed by atoms with E-state index in [2.05, 4.69) is 10.3 Å². The standard InChI is InChI=1S/C12H11ClN4O/c13-10-3-1-2-9(6-10)12(18)16-7-11(8-16)17-5-4-14-15-17/h1-6,11H,7-8H2. The number of amides is 1. The number of hydrogen-bond acceptors (Lipinski definition) is 3. The molecule has 0 bridgehead atoms. The number of carbonyl (C=O) groups excluding carboxylic acids is 1. The fourth-order valence-electron chi connectivity index (χ4n) is 2.00. The molecule has 92 valence electrons. The first kappa shape index (κ1) is 11.2. The van der Waals surface area contributed by atoms with Gasteiger partial charge in [-0.05, 0) is 18.2 Å². The number of carbonyl (C=O) groups is 1. The van der Waals surface area contributed by atoms with Crippen molar-refractivity contribution in [2.45, 2.75) is 6.04 Å². The van der Waals surface area contributed by atoms with Gasteiger partial charge in [0.25, 0.3) is 5.91 Å². The molecule has 5 nitrogen and oxygen atoms in total. The van der Waals surface area contributed by atoms with Gasteiger partial charge in [0, 0.05) is 29.9 Å². The maximum atomic E-state index is 12.1. The molecule has 2 heterocycles. The molecule has 0 radical (unpaired) electrons. The third-order valence-electron chi connectivity index (χ3n) is 3.04. The summed E-state index contributed by atoms with van der Waals surface area (Å²) >= 11 is 5.87. The van der Waals surface area contributed by atoms with Crippen LogP contribution in [0.1, 0.15) is 16.4 Å². The Morgan fingerprint density at radius 3 is 2.89 bits per heavy atom. The van der Waals surface area contributed by atoms with Crippen LogP contribution in [0.25, 0.3) is 0 Å². The van der Waals surface area contributed by atoms with E-state index in [0.717, 1.165) is 0 Å². The minimum atomic E-state index is 0.00821. The predicted molar refractivity (Wildman–Crippen MR) is 66.4 cm³/mol. The van der Waals surface area contributed by atoms with Gasteiger partial charge < -0.3 is 4.90 Å². The fourth-order valence-corrected chi connectivity index (χ4v) is 2.19. The van der Waals surface area contributed by atoms with Crippen LogP contribution in [0.2, 0.25) is 5.02 Å². The van der Waals surface area contributed by atoms with E-state index in [1.165, 1.54) is 0 Å². The van der Waals surface area contributed by atoms with E-state index in [9.17, 15) is 4.79 Å². The van der Waals surface area contributed by atoms with Crippen molar-refractivity contribution in [3.8, 4) is 0 Å². The quantitative estimate of drug-likeness (QED) is 0.827. The molecule has 18 heavy (non-hydrogen) atoms. The smallest absolute Gasteiger partial charge is 0.254 e. The number of benzene rings is 1. The molecular formula is C12H11ClN4O. The first-order valence-electron chi connectivity index (χ1n) is 5.64. The van der Waals surface area contributed by atoms with Crippen molar-refractivity contribution in [2.24, 2.45) is 0 Å². The van der Waals surface area contributed by atoms with E-state index in [-0.39, 0.29) is 11.9 Å². The normalized spacial score (nSPS) is 15.5. The molecule has 0 saturated carbocycles. The van der Waals surface area contributed by atoms with Crippen LogP contribution in [0.5, 0.6) is 0 Å². The Balaban J connectivity index is 1.66. The second-order valence-corrected chi connectivity index (χ2v) is 4.69. The zero-order valence-corrected chi connectivity index (χ0v) is 10.3. The molecule has 1 saturated heterocycles. The average molecular weight is 263 g/mol. The fraction of sp³-hybridized carbons (Fsp3) is 0.250. The highest BCUT2D eigenvalue weighted by Crippen LogP contribution is 2.23. The largest absolute Gasteiger partial charge is 0.334 e. The lowest BCUT2D eigenvalue weighted by atomic mass is 10.1. The molecule has 0 aliphatic carbocycles. The minimum Gasteiger partial charge on any atom is -0.334 e. The molecule has 0 unspecified atom stereocenters. The second-order valence-electron chi connectivity index (χ2n) is 4.26. The zero-order chi connectivity index (χ0) is 12.5. The van der Waals surface area contributed by atoms with Crippen molar-refractivity contribution in [3.05, 3.63) is 47.2 Å². The molecule has 1 aromatic carbocycles. The summed E-state index contributed by atoms with van der Waals surface area (Å²) in [5.41, 5.74) is 0.625. The van der Waals surface area contributed by atoms with Crippen LogP contribution in [0.4, 0.5) is 0 Å². The zero-order valence-electron chi connectivity index (χ0n) is 9.53. The number of hydrogen-bond donors (Lipinski definition) is 0. The summed E-state index contributed by atoms with van der Waals surface area (Å²) in [6.07, 6.45) is 3.45. The molecule has 1 amide bonds. The monoisotopic (exact) mass is 262 g/mol. The van der Waals surface area contributed by atoms with Crippen LogP contribution < -0.4 is 0 Å². The van der Waals surface area contributed by atoms with Gasteiger partial charge in [-0.3, -0.25) is 4.79 Å². The Morgan fingerprint density at radius 2 is 2.22 bits per heavy atom. The van der Waals surface area contributed by atoms with Crippen molar-refractivity contribution >= 4 is 17.5 Å². The Kier molecular flexibility index (Phi) is 2.76. The van der Waals surface area contributed by atoms with Gasteiger partial charge in [0.05, 0.1) is 12.2 Å². The molecule has 0 N–H and O–H groups in total. The molecule has 0 spiro atoms. The third-order valence-corrected chi connectivity index (χ3v) is 3.27.